The molecule has 8 heteroatoms. The van der Waals surface area contributed by atoms with Crippen molar-refractivity contribution in [3.63, 3.8) is 0 Å². The highest BCUT2D eigenvalue weighted by atomic mass is 19.1. The largest absolute Gasteiger partial charge is 0.507 e. The first-order valence-electron chi connectivity index (χ1n) is 13.0. The van der Waals surface area contributed by atoms with Gasteiger partial charge in [0, 0.05) is 19.2 Å². The number of hydrogen-bond acceptors (Lipinski definition) is 6. The number of rotatable bonds is 7. The number of carbonyl (C=O) groups is 2. The number of hydrogen-bond donors (Lipinski definition) is 1. The van der Waals surface area contributed by atoms with Crippen LogP contribution in [-0.4, -0.2) is 54.5 Å². The third-order valence-corrected chi connectivity index (χ3v) is 6.97. The summed E-state index contributed by atoms with van der Waals surface area (Å²) in [7, 11) is 1.93. The Labute approximate surface area is 227 Å². The zero-order valence-electron chi connectivity index (χ0n) is 22.2. The number of carbonyl (C=O) groups excluding carboxylic acids is 2. The van der Waals surface area contributed by atoms with Gasteiger partial charge in [-0.05, 0) is 73.9 Å². The van der Waals surface area contributed by atoms with Crippen molar-refractivity contribution in [2.75, 3.05) is 31.6 Å². The molecule has 0 saturated carbocycles. The van der Waals surface area contributed by atoms with Crippen LogP contribution in [0.25, 0.3) is 5.76 Å². The summed E-state index contributed by atoms with van der Waals surface area (Å²) in [4.78, 5) is 30.3. The zero-order chi connectivity index (χ0) is 27.7. The molecule has 0 spiro atoms. The first-order valence-corrected chi connectivity index (χ1v) is 13.0. The molecule has 0 bridgehead atoms. The van der Waals surface area contributed by atoms with E-state index in [1.54, 1.807) is 42.5 Å². The average Bonchev–Trinajstić information content (AvgIpc) is 3.17. The lowest BCUT2D eigenvalue weighted by Gasteiger charge is -2.28. The van der Waals surface area contributed by atoms with Crippen molar-refractivity contribution in [2.24, 2.45) is 0 Å². The van der Waals surface area contributed by atoms with Crippen LogP contribution >= 0.6 is 0 Å². The Kier molecular flexibility index (Phi) is 7.28. The highest BCUT2D eigenvalue weighted by Gasteiger charge is 2.46. The van der Waals surface area contributed by atoms with Gasteiger partial charge in [-0.3, -0.25) is 9.59 Å². The molecule has 3 aromatic carbocycles. The van der Waals surface area contributed by atoms with Crippen LogP contribution in [0.3, 0.4) is 0 Å². The number of ketones is 1. The number of ether oxygens (including phenoxy) is 2. The summed E-state index contributed by atoms with van der Waals surface area (Å²) >= 11 is 0. The number of nitrogens with zero attached hydrogens (tertiary/aromatic N) is 2. The maximum atomic E-state index is 13.5. The number of amides is 1. The molecular weight excluding hydrogens is 499 g/mol. The zero-order valence-corrected chi connectivity index (χ0v) is 22.2. The van der Waals surface area contributed by atoms with E-state index >= 15 is 0 Å². The van der Waals surface area contributed by atoms with Gasteiger partial charge in [-0.15, -0.1) is 0 Å². The number of benzene rings is 3. The number of aliphatic hydroxyl groups is 1. The average molecular weight is 531 g/mol. The predicted octanol–water partition coefficient (Wildman–Crippen LogP) is 5.11. The maximum Gasteiger partial charge on any atom is 0.295 e. The fourth-order valence-electron chi connectivity index (χ4n) is 5.04. The first kappa shape index (κ1) is 26.3. The van der Waals surface area contributed by atoms with Gasteiger partial charge in [0.15, 0.2) is 0 Å². The monoisotopic (exact) mass is 530 g/mol. The minimum Gasteiger partial charge on any atom is -0.507 e. The minimum absolute atomic E-state index is 0.0140. The fourth-order valence-corrected chi connectivity index (χ4v) is 5.04. The Morgan fingerprint density at radius 2 is 1.87 bits per heavy atom. The molecule has 2 aliphatic rings. The van der Waals surface area contributed by atoms with Crippen molar-refractivity contribution >= 4 is 23.1 Å². The minimum atomic E-state index is -0.828. The quantitative estimate of drug-likeness (QED) is 0.260. The second-order valence-corrected chi connectivity index (χ2v) is 10.1. The molecule has 202 valence electrons. The van der Waals surface area contributed by atoms with Crippen molar-refractivity contribution in [3.05, 3.63) is 94.8 Å². The summed E-state index contributed by atoms with van der Waals surface area (Å²) < 4.78 is 25.0. The molecule has 1 fully saturated rings. The SMILES string of the molecule is CC(C)Oc1cccc(C2/C(=C(/O)c3ccc4c(c3)N(C)CCO4)C(=O)C(=O)N2CCc2ccc(F)cc2)c1. The molecule has 0 radical (unpaired) electrons. The summed E-state index contributed by atoms with van der Waals surface area (Å²) in [6.45, 7) is 5.28. The van der Waals surface area contributed by atoms with Gasteiger partial charge in [0.2, 0.25) is 0 Å². The summed E-state index contributed by atoms with van der Waals surface area (Å²) in [5, 5.41) is 11.5. The van der Waals surface area contributed by atoms with Gasteiger partial charge >= 0.3 is 0 Å². The summed E-state index contributed by atoms with van der Waals surface area (Å²) in [5.74, 6) is -0.762. The van der Waals surface area contributed by atoms with E-state index in [4.69, 9.17) is 9.47 Å². The van der Waals surface area contributed by atoms with Crippen LogP contribution in [0, 0.1) is 5.82 Å². The summed E-state index contributed by atoms with van der Waals surface area (Å²) in [6.07, 6.45) is 0.340. The highest BCUT2D eigenvalue weighted by molar-refractivity contribution is 6.46. The van der Waals surface area contributed by atoms with Crippen LogP contribution in [0.2, 0.25) is 0 Å². The second kappa shape index (κ2) is 10.8. The summed E-state index contributed by atoms with van der Waals surface area (Å²) in [5.41, 5.74) is 2.69. The van der Waals surface area contributed by atoms with E-state index in [0.29, 0.717) is 42.2 Å². The molecule has 2 heterocycles. The van der Waals surface area contributed by atoms with E-state index in [0.717, 1.165) is 11.3 Å². The molecule has 0 aromatic heterocycles. The van der Waals surface area contributed by atoms with Crippen LogP contribution in [0.1, 0.15) is 36.6 Å². The molecule has 1 unspecified atom stereocenters. The van der Waals surface area contributed by atoms with E-state index in [1.807, 2.05) is 37.9 Å². The standard InChI is InChI=1S/C31H31FN2O5/c1-19(2)39-24-6-4-5-21(17-24)28-27(29(35)22-9-12-26-25(18-22)33(3)15-16-38-26)30(36)31(37)34(28)14-13-20-7-10-23(32)11-8-20/h4-12,17-19,28,35H,13-16H2,1-3H3/b29-27-. The molecule has 3 aromatic rings. The van der Waals surface area contributed by atoms with Gasteiger partial charge in [0.05, 0.1) is 30.0 Å². The van der Waals surface area contributed by atoms with Crippen molar-refractivity contribution in [1.29, 1.82) is 0 Å². The van der Waals surface area contributed by atoms with E-state index < -0.39 is 17.7 Å². The van der Waals surface area contributed by atoms with Crippen molar-refractivity contribution in [3.8, 4) is 11.5 Å². The number of halogens is 1. The van der Waals surface area contributed by atoms with Gasteiger partial charge in [0.1, 0.15) is 29.7 Å². The number of likely N-dealkylation sites (N-methyl/N-ethyl adjacent to an activating group) is 1. The predicted molar refractivity (Wildman–Crippen MR) is 147 cm³/mol. The van der Waals surface area contributed by atoms with Crippen LogP contribution in [0.4, 0.5) is 10.1 Å². The van der Waals surface area contributed by atoms with Gasteiger partial charge in [0.25, 0.3) is 11.7 Å². The fraction of sp³-hybridized carbons (Fsp3) is 0.290. The normalized spacial score (nSPS) is 18.3. The molecular formula is C31H31FN2O5. The lowest BCUT2D eigenvalue weighted by Crippen LogP contribution is -2.31. The van der Waals surface area contributed by atoms with Crippen LogP contribution < -0.4 is 14.4 Å². The van der Waals surface area contributed by atoms with Crippen molar-refractivity contribution in [1.82, 2.24) is 4.90 Å². The van der Waals surface area contributed by atoms with Crippen LogP contribution in [-0.2, 0) is 16.0 Å². The van der Waals surface area contributed by atoms with E-state index in [1.165, 1.54) is 17.0 Å². The van der Waals surface area contributed by atoms with Gasteiger partial charge in [-0.2, -0.15) is 0 Å². The second-order valence-electron chi connectivity index (χ2n) is 10.1. The Hall–Kier alpha value is -4.33. The maximum absolute atomic E-state index is 13.5. The molecule has 1 saturated heterocycles. The number of Topliss-reactive ketones (excluding diaryl/α,β-unsaturated/α-hetero) is 1. The van der Waals surface area contributed by atoms with Crippen LogP contribution in [0.15, 0.2) is 72.3 Å². The van der Waals surface area contributed by atoms with Crippen molar-refractivity contribution in [2.45, 2.75) is 32.4 Å². The molecule has 1 amide bonds. The molecule has 7 nitrogen and oxygen atoms in total. The number of fused-ring (bicyclic) bond motifs is 1. The number of aliphatic hydroxyl groups excluding tert-OH is 1. The topological polar surface area (TPSA) is 79.3 Å². The van der Waals surface area contributed by atoms with E-state index in [-0.39, 0.29) is 29.8 Å². The van der Waals surface area contributed by atoms with E-state index in [9.17, 15) is 19.1 Å². The molecule has 39 heavy (non-hydrogen) atoms. The number of likely N-dealkylation sites (tertiary alicyclic amines) is 1. The first-order chi connectivity index (χ1) is 18.7. The lowest BCUT2D eigenvalue weighted by atomic mass is 9.94. The lowest BCUT2D eigenvalue weighted by molar-refractivity contribution is -0.139. The Bertz CT molecular complexity index is 1430. The molecule has 2 aliphatic heterocycles. The smallest absolute Gasteiger partial charge is 0.295 e. The Balaban J connectivity index is 1.58. The third kappa shape index (κ3) is 5.32. The van der Waals surface area contributed by atoms with Gasteiger partial charge in [-0.1, -0.05) is 24.3 Å². The molecule has 1 N–H and O–H groups in total. The Morgan fingerprint density at radius 3 is 2.62 bits per heavy atom. The van der Waals surface area contributed by atoms with Gasteiger partial charge < -0.3 is 24.4 Å². The van der Waals surface area contributed by atoms with E-state index in [2.05, 4.69) is 0 Å². The Morgan fingerprint density at radius 1 is 1.10 bits per heavy atom. The van der Waals surface area contributed by atoms with Crippen molar-refractivity contribution < 1.29 is 28.6 Å². The summed E-state index contributed by atoms with van der Waals surface area (Å²) in [6, 6.07) is 17.7. The highest BCUT2D eigenvalue weighted by Crippen LogP contribution is 2.42. The number of anilines is 1. The van der Waals surface area contributed by atoms with Gasteiger partial charge in [-0.25, -0.2) is 4.39 Å². The molecule has 1 atom stereocenters. The third-order valence-electron chi connectivity index (χ3n) is 6.97. The molecule has 5 rings (SSSR count). The van der Waals surface area contributed by atoms with Crippen LogP contribution in [0.5, 0.6) is 11.5 Å². The molecule has 0 aliphatic carbocycles.